The van der Waals surface area contributed by atoms with Crippen LogP contribution < -0.4 is 4.90 Å². The lowest BCUT2D eigenvalue weighted by Crippen LogP contribution is -2.10. The third-order valence-corrected chi connectivity index (χ3v) is 12.9. The molecule has 0 saturated heterocycles. The molecular weight excluding hydrogens is 765 g/mol. The number of aromatic nitrogens is 1. The minimum atomic E-state index is 0.887. The summed E-state index contributed by atoms with van der Waals surface area (Å²) in [5.41, 5.74) is 13.1. The van der Waals surface area contributed by atoms with E-state index in [-0.39, 0.29) is 0 Å². The van der Waals surface area contributed by atoms with Crippen LogP contribution in [0.3, 0.4) is 0 Å². The van der Waals surface area contributed by atoms with Crippen molar-refractivity contribution in [3.8, 4) is 27.9 Å². The standard InChI is InChI=1S/C60H38N2O/c1-3-18-49-40(12-1)26-27-44-36-42(31-34-50(44)49)39-28-32-45(33-29-39)61(47-16-10-17-48(38-47)62-56-23-7-5-20-53(56)54-21-6-8-24-57(54)62)46-15-9-14-43(37-46)51-22-11-25-58-59(51)55-35-30-41-13-2-4-19-52(41)60(55)63-58/h1-38H. The van der Waals surface area contributed by atoms with Crippen LogP contribution in [-0.4, -0.2) is 4.57 Å². The van der Waals surface area contributed by atoms with Gasteiger partial charge in [0.1, 0.15) is 11.2 Å². The zero-order valence-electron chi connectivity index (χ0n) is 34.2. The largest absolute Gasteiger partial charge is 0.455 e. The first-order valence-electron chi connectivity index (χ1n) is 21.6. The Hall–Kier alpha value is -8.40. The number of furan rings is 1. The molecule has 0 aliphatic carbocycles. The van der Waals surface area contributed by atoms with Gasteiger partial charge in [0, 0.05) is 49.7 Å². The summed E-state index contributed by atoms with van der Waals surface area (Å²) in [4.78, 5) is 2.39. The molecular formula is C60H38N2O. The number of para-hydroxylation sites is 2. The van der Waals surface area contributed by atoms with Gasteiger partial charge >= 0.3 is 0 Å². The predicted molar refractivity (Wildman–Crippen MR) is 266 cm³/mol. The Morgan fingerprint density at radius 3 is 1.71 bits per heavy atom. The average molecular weight is 803 g/mol. The zero-order valence-corrected chi connectivity index (χ0v) is 34.2. The highest BCUT2D eigenvalue weighted by Gasteiger charge is 2.19. The molecule has 0 unspecified atom stereocenters. The molecule has 0 bridgehead atoms. The fourth-order valence-electron chi connectivity index (χ4n) is 10.0. The van der Waals surface area contributed by atoms with Gasteiger partial charge in [0.05, 0.1) is 11.0 Å². The van der Waals surface area contributed by atoms with E-state index < -0.39 is 0 Å². The molecule has 0 amide bonds. The van der Waals surface area contributed by atoms with Crippen LogP contribution in [-0.2, 0) is 0 Å². The number of benzene rings is 11. The van der Waals surface area contributed by atoms with Crippen LogP contribution in [0.4, 0.5) is 17.1 Å². The Kier molecular flexibility index (Phi) is 7.91. The predicted octanol–water partition coefficient (Wildman–Crippen LogP) is 16.9. The highest BCUT2D eigenvalue weighted by atomic mass is 16.3. The summed E-state index contributed by atoms with van der Waals surface area (Å²) >= 11 is 0. The second-order valence-corrected chi connectivity index (χ2v) is 16.5. The Morgan fingerprint density at radius 1 is 0.333 bits per heavy atom. The summed E-state index contributed by atoms with van der Waals surface area (Å²) < 4.78 is 9.02. The lowest BCUT2D eigenvalue weighted by Gasteiger charge is -2.27. The molecule has 13 rings (SSSR count). The summed E-state index contributed by atoms with van der Waals surface area (Å²) in [6, 6.07) is 83.5. The molecule has 0 spiro atoms. The first kappa shape index (κ1) is 35.4. The topological polar surface area (TPSA) is 21.3 Å². The second-order valence-electron chi connectivity index (χ2n) is 16.5. The van der Waals surface area contributed by atoms with Crippen LogP contribution in [0.15, 0.2) is 235 Å². The normalized spacial score (nSPS) is 11.8. The number of hydrogen-bond donors (Lipinski definition) is 0. The van der Waals surface area contributed by atoms with Gasteiger partial charge in [0.2, 0.25) is 0 Å². The van der Waals surface area contributed by atoms with Crippen molar-refractivity contribution in [3.63, 3.8) is 0 Å². The van der Waals surface area contributed by atoms with Crippen LogP contribution in [0.2, 0.25) is 0 Å². The van der Waals surface area contributed by atoms with Gasteiger partial charge in [-0.1, -0.05) is 158 Å². The van der Waals surface area contributed by atoms with Gasteiger partial charge in [-0.25, -0.2) is 0 Å². The van der Waals surface area contributed by atoms with Gasteiger partial charge in [-0.05, 0) is 122 Å². The van der Waals surface area contributed by atoms with Crippen LogP contribution >= 0.6 is 0 Å². The molecule has 3 nitrogen and oxygen atoms in total. The molecule has 2 aromatic heterocycles. The fraction of sp³-hybridized carbons (Fsp3) is 0. The minimum absolute atomic E-state index is 0.887. The van der Waals surface area contributed by atoms with Crippen molar-refractivity contribution in [2.75, 3.05) is 4.90 Å². The van der Waals surface area contributed by atoms with Crippen molar-refractivity contribution in [1.29, 1.82) is 0 Å². The Bertz CT molecular complexity index is 3870. The third-order valence-electron chi connectivity index (χ3n) is 12.9. The van der Waals surface area contributed by atoms with Crippen molar-refractivity contribution in [2.24, 2.45) is 0 Å². The molecule has 0 radical (unpaired) electrons. The van der Waals surface area contributed by atoms with E-state index >= 15 is 0 Å². The highest BCUT2D eigenvalue weighted by molar-refractivity contribution is 6.19. The highest BCUT2D eigenvalue weighted by Crippen LogP contribution is 2.43. The Balaban J connectivity index is 0.971. The van der Waals surface area contributed by atoms with E-state index in [2.05, 4.69) is 240 Å². The summed E-state index contributed by atoms with van der Waals surface area (Å²) in [6.45, 7) is 0. The summed E-state index contributed by atoms with van der Waals surface area (Å²) in [5.74, 6) is 0. The second kappa shape index (κ2) is 14.1. The van der Waals surface area contributed by atoms with E-state index in [0.29, 0.717) is 0 Å². The summed E-state index contributed by atoms with van der Waals surface area (Å²) in [7, 11) is 0. The number of anilines is 3. The average Bonchev–Trinajstić information content (AvgIpc) is 3.91. The quantitative estimate of drug-likeness (QED) is 0.156. The Labute approximate surface area is 363 Å². The van der Waals surface area contributed by atoms with Crippen molar-refractivity contribution in [3.05, 3.63) is 231 Å². The van der Waals surface area contributed by atoms with E-state index in [1.54, 1.807) is 0 Å². The molecule has 2 heterocycles. The monoisotopic (exact) mass is 802 g/mol. The van der Waals surface area contributed by atoms with Gasteiger partial charge in [0.25, 0.3) is 0 Å². The molecule has 11 aromatic carbocycles. The number of fused-ring (bicyclic) bond motifs is 11. The van der Waals surface area contributed by atoms with E-state index in [9.17, 15) is 0 Å². The van der Waals surface area contributed by atoms with Crippen LogP contribution in [0, 0.1) is 0 Å². The van der Waals surface area contributed by atoms with Gasteiger partial charge in [-0.2, -0.15) is 0 Å². The van der Waals surface area contributed by atoms with Crippen LogP contribution in [0.1, 0.15) is 0 Å². The maximum atomic E-state index is 6.63. The third kappa shape index (κ3) is 5.67. The molecule has 3 heteroatoms. The van der Waals surface area contributed by atoms with Crippen molar-refractivity contribution in [1.82, 2.24) is 4.57 Å². The number of rotatable bonds is 6. The zero-order chi connectivity index (χ0) is 41.4. The maximum absolute atomic E-state index is 6.63. The number of hydrogen-bond acceptors (Lipinski definition) is 2. The maximum Gasteiger partial charge on any atom is 0.143 e. The van der Waals surface area contributed by atoms with Crippen molar-refractivity contribution >= 4 is 93.1 Å². The van der Waals surface area contributed by atoms with E-state index in [1.165, 1.54) is 59.9 Å². The minimum Gasteiger partial charge on any atom is -0.455 e. The summed E-state index contributed by atoms with van der Waals surface area (Å²) in [6.07, 6.45) is 0. The van der Waals surface area contributed by atoms with Crippen molar-refractivity contribution < 1.29 is 4.42 Å². The Morgan fingerprint density at radius 2 is 0.921 bits per heavy atom. The number of nitrogens with zero attached hydrogens (tertiary/aromatic N) is 2. The molecule has 0 saturated carbocycles. The first-order valence-corrected chi connectivity index (χ1v) is 21.6. The van der Waals surface area contributed by atoms with Gasteiger partial charge in [-0.15, -0.1) is 0 Å². The van der Waals surface area contributed by atoms with Gasteiger partial charge in [0.15, 0.2) is 0 Å². The molecule has 63 heavy (non-hydrogen) atoms. The van der Waals surface area contributed by atoms with E-state index in [4.69, 9.17) is 4.42 Å². The van der Waals surface area contributed by atoms with Crippen LogP contribution in [0.25, 0.3) is 104 Å². The molecule has 13 aromatic rings. The van der Waals surface area contributed by atoms with Crippen LogP contribution in [0.5, 0.6) is 0 Å². The lowest BCUT2D eigenvalue weighted by atomic mass is 9.97. The summed E-state index contributed by atoms with van der Waals surface area (Å²) in [5, 5.41) is 12.1. The van der Waals surface area contributed by atoms with Gasteiger partial charge < -0.3 is 13.9 Å². The van der Waals surface area contributed by atoms with Gasteiger partial charge in [-0.3, -0.25) is 0 Å². The van der Waals surface area contributed by atoms with E-state index in [0.717, 1.165) is 61.2 Å². The first-order chi connectivity index (χ1) is 31.2. The van der Waals surface area contributed by atoms with Crippen molar-refractivity contribution in [2.45, 2.75) is 0 Å². The molecule has 294 valence electrons. The SMILES string of the molecule is c1cc(-c2cccc3oc4c5ccccc5ccc4c23)cc(N(c2ccc(-c3ccc4c(ccc5ccccc54)c3)cc2)c2cccc(-n3c4ccccc4c4ccccc43)c2)c1. The fourth-order valence-corrected chi connectivity index (χ4v) is 10.0. The molecule has 0 fully saturated rings. The smallest absolute Gasteiger partial charge is 0.143 e. The molecule has 0 N–H and O–H groups in total. The molecule has 0 atom stereocenters. The molecule has 0 aliphatic heterocycles. The lowest BCUT2D eigenvalue weighted by molar-refractivity contribution is 0.673. The van der Waals surface area contributed by atoms with E-state index in [1.807, 2.05) is 0 Å². The molecule has 0 aliphatic rings.